The summed E-state index contributed by atoms with van der Waals surface area (Å²) in [5.74, 6) is 1.63. The molecule has 0 radical (unpaired) electrons. The van der Waals surface area contributed by atoms with E-state index in [-0.39, 0.29) is 17.8 Å². The molecule has 0 saturated heterocycles. The lowest BCUT2D eigenvalue weighted by atomic mass is 10.0. The van der Waals surface area contributed by atoms with E-state index in [1.165, 1.54) is 11.8 Å². The van der Waals surface area contributed by atoms with Crippen molar-refractivity contribution < 1.29 is 9.53 Å². The van der Waals surface area contributed by atoms with Crippen molar-refractivity contribution in [2.24, 2.45) is 7.05 Å². The largest absolute Gasteiger partial charge is 0.482 e. The summed E-state index contributed by atoms with van der Waals surface area (Å²) in [6.07, 6.45) is 1.43. The average molecular weight is 473 g/mol. The number of hydrogen-bond acceptors (Lipinski definition) is 5. The maximum Gasteiger partial charge on any atom is 0.234 e. The molecule has 1 aromatic heterocycles. The highest BCUT2D eigenvalue weighted by molar-refractivity contribution is 7.99. The van der Waals surface area contributed by atoms with Gasteiger partial charge in [-0.3, -0.25) is 4.79 Å². The van der Waals surface area contributed by atoms with Crippen molar-refractivity contribution in [1.29, 1.82) is 0 Å². The molecule has 0 spiro atoms. The summed E-state index contributed by atoms with van der Waals surface area (Å²) in [6, 6.07) is 11.7. The van der Waals surface area contributed by atoms with Gasteiger partial charge in [0.05, 0.1) is 5.75 Å². The summed E-state index contributed by atoms with van der Waals surface area (Å²) in [5, 5.41) is 13.0. The number of halogens is 1. The molecule has 1 atom stereocenters. The van der Waals surface area contributed by atoms with Gasteiger partial charge in [0.25, 0.3) is 0 Å². The lowest BCUT2D eigenvalue weighted by Crippen LogP contribution is -2.17. The molecule has 1 amide bonds. The van der Waals surface area contributed by atoms with Gasteiger partial charge in [-0.15, -0.1) is 10.2 Å². The number of nitrogens with one attached hydrogen (secondary N) is 1. The average Bonchev–Trinajstić information content (AvgIpc) is 3.14. The van der Waals surface area contributed by atoms with Crippen LogP contribution in [0.15, 0.2) is 41.6 Å². The molecule has 3 aromatic rings. The second-order valence-corrected chi connectivity index (χ2v) is 8.94. The highest BCUT2D eigenvalue weighted by Crippen LogP contribution is 2.28. The van der Waals surface area contributed by atoms with Crippen LogP contribution < -0.4 is 10.1 Å². The fourth-order valence-electron chi connectivity index (χ4n) is 3.50. The van der Waals surface area contributed by atoms with Crippen LogP contribution in [-0.4, -0.2) is 26.4 Å². The molecule has 1 N–H and O–H groups in total. The number of benzene rings is 2. The Balaban J connectivity index is 1.64. The van der Waals surface area contributed by atoms with Crippen molar-refractivity contribution in [3.63, 3.8) is 0 Å². The van der Waals surface area contributed by atoms with Crippen LogP contribution in [0.3, 0.4) is 0 Å². The number of anilines is 1. The molecule has 8 heteroatoms. The van der Waals surface area contributed by atoms with E-state index >= 15 is 0 Å². The first kappa shape index (κ1) is 24.1. The number of hydrogen-bond donors (Lipinski definition) is 1. The number of thioether (sulfide) groups is 1. The minimum Gasteiger partial charge on any atom is -0.482 e. The van der Waals surface area contributed by atoms with E-state index in [4.69, 9.17) is 16.3 Å². The summed E-state index contributed by atoms with van der Waals surface area (Å²) in [6.45, 7) is 8.06. The molecule has 0 aliphatic rings. The summed E-state index contributed by atoms with van der Waals surface area (Å²) in [7, 11) is 1.88. The summed E-state index contributed by atoms with van der Waals surface area (Å²) in [5.41, 5.74) is 4.18. The van der Waals surface area contributed by atoms with Gasteiger partial charge in [-0.25, -0.2) is 0 Å². The highest BCUT2D eigenvalue weighted by atomic mass is 35.5. The quantitative estimate of drug-likeness (QED) is 0.400. The fraction of sp³-hybridized carbons (Fsp3) is 0.375. The predicted octanol–water partition coefficient (Wildman–Crippen LogP) is 5.77. The summed E-state index contributed by atoms with van der Waals surface area (Å²) >= 11 is 7.38. The van der Waals surface area contributed by atoms with Gasteiger partial charge in [0.1, 0.15) is 5.75 Å². The number of rotatable bonds is 9. The van der Waals surface area contributed by atoms with E-state index in [9.17, 15) is 4.79 Å². The number of para-hydroxylation sites is 1. The number of nitrogens with zero attached hydrogens (tertiary/aromatic N) is 3. The minimum atomic E-state index is -0.306. The third-order valence-corrected chi connectivity index (χ3v) is 6.52. The van der Waals surface area contributed by atoms with Gasteiger partial charge in [0, 0.05) is 17.8 Å². The fourth-order valence-corrected chi connectivity index (χ4v) is 4.45. The zero-order valence-electron chi connectivity index (χ0n) is 19.1. The molecular formula is C24H29ClN4O2S. The Kier molecular flexibility index (Phi) is 8.21. The predicted molar refractivity (Wildman–Crippen MR) is 131 cm³/mol. The number of aromatic nitrogens is 3. The van der Waals surface area contributed by atoms with E-state index in [2.05, 4.69) is 41.5 Å². The highest BCUT2D eigenvalue weighted by Gasteiger charge is 2.19. The zero-order chi connectivity index (χ0) is 23.3. The Labute approximate surface area is 198 Å². The van der Waals surface area contributed by atoms with Crippen LogP contribution in [0.25, 0.3) is 0 Å². The third kappa shape index (κ3) is 5.64. The van der Waals surface area contributed by atoms with Crippen LogP contribution in [0.5, 0.6) is 5.75 Å². The van der Waals surface area contributed by atoms with E-state index in [1.54, 1.807) is 6.07 Å². The first-order valence-corrected chi connectivity index (χ1v) is 12.1. The smallest absolute Gasteiger partial charge is 0.234 e. The van der Waals surface area contributed by atoms with E-state index in [1.807, 2.05) is 43.7 Å². The van der Waals surface area contributed by atoms with Crippen LogP contribution in [0.2, 0.25) is 5.02 Å². The number of carbonyl (C=O) groups is 1. The van der Waals surface area contributed by atoms with Gasteiger partial charge in [-0.2, -0.15) is 0 Å². The molecule has 32 heavy (non-hydrogen) atoms. The van der Waals surface area contributed by atoms with Crippen molar-refractivity contribution in [2.45, 2.75) is 51.8 Å². The minimum absolute atomic E-state index is 0.0590. The van der Waals surface area contributed by atoms with Gasteiger partial charge in [-0.1, -0.05) is 55.4 Å². The van der Waals surface area contributed by atoms with Crippen LogP contribution in [0.4, 0.5) is 5.69 Å². The maximum atomic E-state index is 12.7. The normalized spacial score (nSPS) is 11.9. The van der Waals surface area contributed by atoms with Crippen LogP contribution in [0.1, 0.15) is 49.4 Å². The van der Waals surface area contributed by atoms with E-state index in [0.29, 0.717) is 16.0 Å². The van der Waals surface area contributed by atoms with E-state index in [0.717, 1.165) is 41.0 Å². The molecule has 2 aromatic carbocycles. The van der Waals surface area contributed by atoms with Crippen molar-refractivity contribution in [3.8, 4) is 5.75 Å². The molecule has 0 aliphatic heterocycles. The van der Waals surface area contributed by atoms with Gasteiger partial charge in [0.15, 0.2) is 17.1 Å². The summed E-state index contributed by atoms with van der Waals surface area (Å²) < 4.78 is 7.93. The van der Waals surface area contributed by atoms with Crippen molar-refractivity contribution in [1.82, 2.24) is 14.8 Å². The number of carbonyl (C=O) groups excluding carboxylic acids is 1. The molecule has 1 heterocycles. The Morgan fingerprint density at radius 2 is 1.88 bits per heavy atom. The molecule has 0 fully saturated rings. The topological polar surface area (TPSA) is 69.0 Å². The molecule has 170 valence electrons. The molecule has 0 aliphatic carbocycles. The third-order valence-electron chi connectivity index (χ3n) is 5.27. The van der Waals surface area contributed by atoms with Crippen LogP contribution in [0, 0.1) is 6.92 Å². The molecule has 3 rings (SSSR count). The van der Waals surface area contributed by atoms with Crippen molar-refractivity contribution >= 4 is 35.0 Å². The van der Waals surface area contributed by atoms with Crippen molar-refractivity contribution in [3.05, 3.63) is 63.9 Å². The number of amides is 1. The zero-order valence-corrected chi connectivity index (χ0v) is 20.7. The molecule has 6 nitrogen and oxygen atoms in total. The molecule has 1 unspecified atom stereocenters. The maximum absolute atomic E-state index is 12.7. The number of aryl methyl sites for hydroxylation is 3. The van der Waals surface area contributed by atoms with E-state index < -0.39 is 0 Å². The first-order valence-electron chi connectivity index (χ1n) is 10.7. The standard InChI is InChI=1S/C24H29ClN4O2S/c1-6-17-9-8-10-18(7-2)22(17)26-21(30)14-32-24-28-27-23(29(24)5)16(4)31-20-12-11-19(25)13-15(20)3/h8-13,16H,6-7,14H2,1-5H3,(H,26,30). The van der Waals surface area contributed by atoms with Crippen LogP contribution in [-0.2, 0) is 24.7 Å². The Bertz CT molecular complexity index is 1080. The second-order valence-electron chi connectivity index (χ2n) is 7.56. The lowest BCUT2D eigenvalue weighted by molar-refractivity contribution is -0.113. The Morgan fingerprint density at radius 3 is 2.50 bits per heavy atom. The van der Waals surface area contributed by atoms with Gasteiger partial charge in [-0.05, 0) is 61.6 Å². The number of ether oxygens (including phenoxy) is 1. The first-order chi connectivity index (χ1) is 15.3. The monoisotopic (exact) mass is 472 g/mol. The Hall–Kier alpha value is -2.51. The van der Waals surface area contributed by atoms with Gasteiger partial charge >= 0.3 is 0 Å². The SMILES string of the molecule is CCc1cccc(CC)c1NC(=O)CSc1nnc(C(C)Oc2ccc(Cl)cc2C)n1C. The van der Waals surface area contributed by atoms with Crippen molar-refractivity contribution in [2.75, 3.05) is 11.1 Å². The van der Waals surface area contributed by atoms with Gasteiger partial charge in [0.2, 0.25) is 5.91 Å². The van der Waals surface area contributed by atoms with Crippen LogP contribution >= 0.6 is 23.4 Å². The molecule has 0 saturated carbocycles. The lowest BCUT2D eigenvalue weighted by Gasteiger charge is -2.16. The molecular weight excluding hydrogens is 444 g/mol. The molecule has 0 bridgehead atoms. The second kappa shape index (κ2) is 10.9. The summed E-state index contributed by atoms with van der Waals surface area (Å²) in [4.78, 5) is 12.7. The van der Waals surface area contributed by atoms with Gasteiger partial charge < -0.3 is 14.6 Å². The Morgan fingerprint density at radius 1 is 1.19 bits per heavy atom.